The molecule has 4 heteroatoms. The zero-order valence-electron chi connectivity index (χ0n) is 13.7. The fraction of sp³-hybridized carbons (Fsp3) is 0.941. The molecule has 0 aromatic rings. The standard InChI is InChI=1S/C17H31N3O/c1-14(21)18-15-12-17(19(2)13-15)8-10-20(11-9-17)16-6-4-3-5-7-16/h15-16H,3-13H2,1-2H3,(H,18,21)/t15-/m0/s1. The lowest BCUT2D eigenvalue weighted by Crippen LogP contribution is -2.53. The molecule has 0 unspecified atom stereocenters. The highest BCUT2D eigenvalue weighted by molar-refractivity contribution is 5.73. The Morgan fingerprint density at radius 2 is 1.81 bits per heavy atom. The number of likely N-dealkylation sites (N-methyl/N-ethyl adjacent to an activating group) is 1. The maximum atomic E-state index is 11.3. The highest BCUT2D eigenvalue weighted by Crippen LogP contribution is 2.38. The molecule has 2 saturated heterocycles. The van der Waals surface area contributed by atoms with Gasteiger partial charge in [0.15, 0.2) is 0 Å². The Morgan fingerprint density at radius 3 is 2.43 bits per heavy atom. The molecule has 1 spiro atoms. The van der Waals surface area contributed by atoms with Crippen LogP contribution >= 0.6 is 0 Å². The van der Waals surface area contributed by atoms with Crippen molar-refractivity contribution in [2.24, 2.45) is 0 Å². The molecule has 1 saturated carbocycles. The van der Waals surface area contributed by atoms with E-state index in [0.29, 0.717) is 11.6 Å². The second-order valence-electron chi connectivity index (χ2n) is 7.53. The van der Waals surface area contributed by atoms with Crippen molar-refractivity contribution in [2.75, 3.05) is 26.7 Å². The van der Waals surface area contributed by atoms with Crippen molar-refractivity contribution in [1.29, 1.82) is 0 Å². The summed E-state index contributed by atoms with van der Waals surface area (Å²) in [5, 5.41) is 3.12. The number of likely N-dealkylation sites (tertiary alicyclic amines) is 2. The lowest BCUT2D eigenvalue weighted by atomic mass is 9.82. The van der Waals surface area contributed by atoms with Gasteiger partial charge in [0.1, 0.15) is 0 Å². The van der Waals surface area contributed by atoms with Gasteiger partial charge in [0.25, 0.3) is 0 Å². The van der Waals surface area contributed by atoms with Crippen LogP contribution in [0.1, 0.15) is 58.3 Å². The Morgan fingerprint density at radius 1 is 1.14 bits per heavy atom. The van der Waals surface area contributed by atoms with E-state index >= 15 is 0 Å². The van der Waals surface area contributed by atoms with E-state index in [-0.39, 0.29) is 5.91 Å². The third-order valence-electron chi connectivity index (χ3n) is 6.16. The number of hydrogen-bond donors (Lipinski definition) is 1. The van der Waals surface area contributed by atoms with Crippen LogP contribution in [0.2, 0.25) is 0 Å². The van der Waals surface area contributed by atoms with E-state index in [2.05, 4.69) is 22.2 Å². The third kappa shape index (κ3) is 3.26. The lowest BCUT2D eigenvalue weighted by molar-refractivity contribution is -0.119. The highest BCUT2D eigenvalue weighted by atomic mass is 16.1. The van der Waals surface area contributed by atoms with Crippen LogP contribution in [0, 0.1) is 0 Å². The van der Waals surface area contributed by atoms with Gasteiger partial charge in [0, 0.05) is 44.2 Å². The monoisotopic (exact) mass is 293 g/mol. The Labute approximate surface area is 129 Å². The first-order valence-corrected chi connectivity index (χ1v) is 8.81. The number of rotatable bonds is 2. The van der Waals surface area contributed by atoms with Crippen molar-refractivity contribution in [3.63, 3.8) is 0 Å². The molecule has 3 aliphatic rings. The van der Waals surface area contributed by atoms with Gasteiger partial charge in [-0.1, -0.05) is 19.3 Å². The zero-order valence-corrected chi connectivity index (χ0v) is 13.7. The molecule has 120 valence electrons. The van der Waals surface area contributed by atoms with Crippen molar-refractivity contribution in [1.82, 2.24) is 15.1 Å². The van der Waals surface area contributed by atoms with Crippen LogP contribution in [0.3, 0.4) is 0 Å². The predicted molar refractivity (Wildman–Crippen MR) is 85.3 cm³/mol. The third-order valence-corrected chi connectivity index (χ3v) is 6.16. The summed E-state index contributed by atoms with van der Waals surface area (Å²) in [5.74, 6) is 0.116. The van der Waals surface area contributed by atoms with Gasteiger partial charge in [-0.15, -0.1) is 0 Å². The molecule has 0 radical (unpaired) electrons. The van der Waals surface area contributed by atoms with Crippen molar-refractivity contribution in [3.8, 4) is 0 Å². The van der Waals surface area contributed by atoms with Crippen LogP contribution in [-0.2, 0) is 4.79 Å². The fourth-order valence-corrected chi connectivity index (χ4v) is 4.92. The molecular weight excluding hydrogens is 262 g/mol. The second kappa shape index (κ2) is 6.25. The van der Waals surface area contributed by atoms with E-state index in [4.69, 9.17) is 0 Å². The van der Waals surface area contributed by atoms with E-state index in [1.807, 2.05) is 0 Å². The van der Waals surface area contributed by atoms with Crippen LogP contribution in [0.15, 0.2) is 0 Å². The molecule has 21 heavy (non-hydrogen) atoms. The van der Waals surface area contributed by atoms with Crippen LogP contribution in [0.5, 0.6) is 0 Å². The Hall–Kier alpha value is -0.610. The number of carbonyl (C=O) groups excluding carboxylic acids is 1. The molecule has 1 amide bonds. The number of piperidine rings is 1. The van der Waals surface area contributed by atoms with Crippen molar-refractivity contribution < 1.29 is 4.79 Å². The van der Waals surface area contributed by atoms with Gasteiger partial charge in [-0.2, -0.15) is 0 Å². The number of nitrogens with zero attached hydrogens (tertiary/aromatic N) is 2. The quantitative estimate of drug-likeness (QED) is 0.846. The minimum atomic E-state index is 0.116. The largest absolute Gasteiger partial charge is 0.352 e. The van der Waals surface area contributed by atoms with Gasteiger partial charge in [0.2, 0.25) is 5.91 Å². The Balaban J connectivity index is 1.55. The van der Waals surface area contributed by atoms with E-state index in [0.717, 1.165) is 19.0 Å². The van der Waals surface area contributed by atoms with E-state index < -0.39 is 0 Å². The summed E-state index contributed by atoms with van der Waals surface area (Å²) < 4.78 is 0. The molecule has 0 aromatic carbocycles. The number of carbonyl (C=O) groups is 1. The molecule has 3 fully saturated rings. The predicted octanol–water partition coefficient (Wildman–Crippen LogP) is 1.99. The topological polar surface area (TPSA) is 35.6 Å². The molecule has 0 bridgehead atoms. The molecule has 3 rings (SSSR count). The van der Waals surface area contributed by atoms with E-state index in [9.17, 15) is 4.79 Å². The SMILES string of the molecule is CC(=O)N[C@@H]1CN(C)C2(CCN(C3CCCCC3)CC2)C1. The van der Waals surface area contributed by atoms with Crippen molar-refractivity contribution in [3.05, 3.63) is 0 Å². The molecule has 2 aliphatic heterocycles. The Bertz CT molecular complexity index is 370. The fourth-order valence-electron chi connectivity index (χ4n) is 4.92. The average Bonchev–Trinajstić information content (AvgIpc) is 2.75. The maximum absolute atomic E-state index is 11.3. The van der Waals surface area contributed by atoms with Gasteiger partial charge in [-0.3, -0.25) is 9.69 Å². The van der Waals surface area contributed by atoms with Crippen molar-refractivity contribution in [2.45, 2.75) is 75.9 Å². The molecule has 1 aliphatic carbocycles. The van der Waals surface area contributed by atoms with Crippen molar-refractivity contribution >= 4 is 5.91 Å². The number of nitrogens with one attached hydrogen (secondary N) is 1. The smallest absolute Gasteiger partial charge is 0.217 e. The number of amides is 1. The van der Waals surface area contributed by atoms with Crippen LogP contribution < -0.4 is 5.32 Å². The molecule has 4 nitrogen and oxygen atoms in total. The average molecular weight is 293 g/mol. The van der Waals surface area contributed by atoms with Gasteiger partial charge >= 0.3 is 0 Å². The van der Waals surface area contributed by atoms with Gasteiger partial charge in [-0.25, -0.2) is 0 Å². The molecule has 1 N–H and O–H groups in total. The first-order chi connectivity index (χ1) is 10.1. The van der Waals surface area contributed by atoms with Crippen LogP contribution in [0.4, 0.5) is 0 Å². The first-order valence-electron chi connectivity index (χ1n) is 8.81. The lowest BCUT2D eigenvalue weighted by Gasteiger charge is -2.46. The summed E-state index contributed by atoms with van der Waals surface area (Å²) in [6.45, 7) is 5.16. The summed E-state index contributed by atoms with van der Waals surface area (Å²) in [6.07, 6.45) is 10.8. The molecule has 0 aromatic heterocycles. The number of hydrogen-bond acceptors (Lipinski definition) is 3. The van der Waals surface area contributed by atoms with Crippen LogP contribution in [0.25, 0.3) is 0 Å². The normalized spacial score (nSPS) is 31.6. The summed E-state index contributed by atoms with van der Waals surface area (Å²) in [7, 11) is 2.25. The second-order valence-corrected chi connectivity index (χ2v) is 7.53. The van der Waals surface area contributed by atoms with Gasteiger partial charge in [0.05, 0.1) is 0 Å². The van der Waals surface area contributed by atoms with Crippen LogP contribution in [-0.4, -0.2) is 60.0 Å². The summed E-state index contributed by atoms with van der Waals surface area (Å²) in [5.41, 5.74) is 0.346. The minimum Gasteiger partial charge on any atom is -0.352 e. The highest BCUT2D eigenvalue weighted by Gasteiger charge is 2.46. The molecule has 2 heterocycles. The summed E-state index contributed by atoms with van der Waals surface area (Å²) in [4.78, 5) is 16.6. The minimum absolute atomic E-state index is 0.116. The van der Waals surface area contributed by atoms with E-state index in [1.54, 1.807) is 6.92 Å². The van der Waals surface area contributed by atoms with Gasteiger partial charge < -0.3 is 10.2 Å². The summed E-state index contributed by atoms with van der Waals surface area (Å²) in [6, 6.07) is 1.21. The van der Waals surface area contributed by atoms with E-state index in [1.165, 1.54) is 58.0 Å². The first kappa shape index (κ1) is 15.3. The molecular formula is C17H31N3O. The van der Waals surface area contributed by atoms with Gasteiger partial charge in [-0.05, 0) is 39.2 Å². The molecule has 1 atom stereocenters. The summed E-state index contributed by atoms with van der Waals surface area (Å²) >= 11 is 0. The Kier molecular flexibility index (Phi) is 4.55. The zero-order chi connectivity index (χ0) is 14.9. The maximum Gasteiger partial charge on any atom is 0.217 e.